The molecule has 30 heavy (non-hydrogen) atoms. The van der Waals surface area contributed by atoms with Gasteiger partial charge in [0.05, 0.1) is 5.75 Å². The molecule has 0 saturated heterocycles. The van der Waals surface area contributed by atoms with E-state index in [9.17, 15) is 4.79 Å². The number of anilines is 1. The molecule has 1 aliphatic rings. The van der Waals surface area contributed by atoms with Gasteiger partial charge in [-0.2, -0.15) is 0 Å². The first-order valence-corrected chi connectivity index (χ1v) is 12.3. The summed E-state index contributed by atoms with van der Waals surface area (Å²) in [5.74, 6) is 1.95. The third kappa shape index (κ3) is 4.47. The Hall–Kier alpha value is -2.12. The van der Waals surface area contributed by atoms with E-state index < -0.39 is 0 Å². The number of thiophene rings is 1. The van der Waals surface area contributed by atoms with Crippen LogP contribution in [0.1, 0.15) is 49.2 Å². The molecule has 158 valence electrons. The summed E-state index contributed by atoms with van der Waals surface area (Å²) in [6, 6.07) is 8.06. The second-order valence-corrected chi connectivity index (χ2v) is 10.3. The monoisotopic (exact) mass is 440 g/mol. The van der Waals surface area contributed by atoms with Gasteiger partial charge in [0.2, 0.25) is 5.91 Å². The van der Waals surface area contributed by atoms with Crippen LogP contribution < -0.4 is 5.32 Å². The number of hydrogen-bond acceptors (Lipinski definition) is 5. The number of hydrogen-bond donors (Lipinski definition) is 1. The molecule has 1 aliphatic carbocycles. The Kier molecular flexibility index (Phi) is 6.29. The van der Waals surface area contributed by atoms with Gasteiger partial charge in [0, 0.05) is 27.5 Å². The third-order valence-electron chi connectivity index (χ3n) is 5.46. The minimum Gasteiger partial charge on any atom is -0.325 e. The van der Waals surface area contributed by atoms with E-state index >= 15 is 0 Å². The molecular weight excluding hydrogens is 412 g/mol. The highest BCUT2D eigenvalue weighted by Crippen LogP contribution is 2.39. The molecule has 0 fully saturated rings. The van der Waals surface area contributed by atoms with E-state index in [1.165, 1.54) is 34.2 Å². The van der Waals surface area contributed by atoms with E-state index in [4.69, 9.17) is 0 Å². The Morgan fingerprint density at radius 1 is 1.37 bits per heavy atom. The Balaban J connectivity index is 1.51. The summed E-state index contributed by atoms with van der Waals surface area (Å²) in [6.45, 7) is 8.63. The van der Waals surface area contributed by atoms with Crippen molar-refractivity contribution in [2.24, 2.45) is 5.92 Å². The highest BCUT2D eigenvalue weighted by atomic mass is 32.2. The fourth-order valence-corrected chi connectivity index (χ4v) is 6.05. The van der Waals surface area contributed by atoms with Gasteiger partial charge >= 0.3 is 0 Å². The van der Waals surface area contributed by atoms with Crippen LogP contribution in [0.4, 0.5) is 5.69 Å². The second kappa shape index (κ2) is 8.94. The zero-order valence-corrected chi connectivity index (χ0v) is 19.6. The van der Waals surface area contributed by atoms with Crippen LogP contribution in [0.15, 0.2) is 34.8 Å². The number of fused-ring (bicyclic) bond motifs is 1. The molecule has 1 aromatic carbocycles. The van der Waals surface area contributed by atoms with Crippen LogP contribution in [0.25, 0.3) is 11.4 Å². The normalized spacial score (nSPS) is 16.0. The van der Waals surface area contributed by atoms with E-state index in [2.05, 4.69) is 46.2 Å². The number of carbonyl (C=O) groups excluding carboxylic acids is 1. The zero-order chi connectivity index (χ0) is 21.3. The van der Waals surface area contributed by atoms with Crippen LogP contribution in [0, 0.1) is 12.8 Å². The number of benzene rings is 1. The molecule has 1 amide bonds. The smallest absolute Gasteiger partial charge is 0.234 e. The summed E-state index contributed by atoms with van der Waals surface area (Å²) in [4.78, 5) is 13.9. The van der Waals surface area contributed by atoms with Crippen LogP contribution in [0.5, 0.6) is 0 Å². The number of aryl methyl sites for hydroxylation is 1. The lowest BCUT2D eigenvalue weighted by molar-refractivity contribution is -0.113. The van der Waals surface area contributed by atoms with Gasteiger partial charge in [-0.25, -0.2) is 0 Å². The molecule has 3 aromatic rings. The first kappa shape index (κ1) is 21.1. The van der Waals surface area contributed by atoms with Crippen LogP contribution in [-0.2, 0) is 17.6 Å². The molecule has 1 unspecified atom stereocenters. The maximum Gasteiger partial charge on any atom is 0.234 e. The molecule has 0 radical (unpaired) electrons. The quantitative estimate of drug-likeness (QED) is 0.496. The summed E-state index contributed by atoms with van der Waals surface area (Å²) in [7, 11) is 0. The minimum absolute atomic E-state index is 0.0349. The Bertz CT molecular complexity index is 1050. The summed E-state index contributed by atoms with van der Waals surface area (Å²) in [6.07, 6.45) is 3.51. The summed E-state index contributed by atoms with van der Waals surface area (Å²) in [5, 5.41) is 15.0. The molecule has 4 rings (SSSR count). The number of nitrogens with one attached hydrogen (secondary N) is 1. The van der Waals surface area contributed by atoms with Crippen molar-refractivity contribution in [3.63, 3.8) is 0 Å². The van der Waals surface area contributed by atoms with E-state index in [0.29, 0.717) is 5.75 Å². The second-order valence-electron chi connectivity index (χ2n) is 8.38. The first-order chi connectivity index (χ1) is 14.4. The van der Waals surface area contributed by atoms with E-state index in [0.717, 1.165) is 41.0 Å². The fraction of sp³-hybridized carbons (Fsp3) is 0.435. The summed E-state index contributed by atoms with van der Waals surface area (Å²) in [5.41, 5.74) is 4.61. The van der Waals surface area contributed by atoms with Crippen LogP contribution in [0.2, 0.25) is 0 Å². The van der Waals surface area contributed by atoms with Crippen molar-refractivity contribution >= 4 is 34.7 Å². The fourth-order valence-electron chi connectivity index (χ4n) is 3.94. The van der Waals surface area contributed by atoms with Gasteiger partial charge in [0.15, 0.2) is 11.0 Å². The molecular formula is C23H28N4OS2. The van der Waals surface area contributed by atoms with E-state index in [1.54, 1.807) is 0 Å². The van der Waals surface area contributed by atoms with Gasteiger partial charge in [-0.3, -0.25) is 9.36 Å². The lowest BCUT2D eigenvalue weighted by Gasteiger charge is -2.19. The SMILES string of the molecule is Cc1cccc(NC(=O)CSc2nnc(-c3csc4c3CCC(C)C4)n2C(C)C)c1. The maximum atomic E-state index is 12.4. The number of carbonyl (C=O) groups is 1. The Labute approximate surface area is 186 Å². The van der Waals surface area contributed by atoms with Crippen molar-refractivity contribution in [1.82, 2.24) is 14.8 Å². The summed E-state index contributed by atoms with van der Waals surface area (Å²) >= 11 is 3.29. The Morgan fingerprint density at radius 3 is 2.97 bits per heavy atom. The molecule has 1 N–H and O–H groups in total. The third-order valence-corrected chi connectivity index (χ3v) is 7.45. The standard InChI is InChI=1S/C23H28N4OS2/c1-14(2)27-22(19-12-29-20-11-16(4)8-9-18(19)20)25-26-23(27)30-13-21(28)24-17-7-5-6-15(3)10-17/h5-7,10,12,14,16H,8-9,11,13H2,1-4H3,(H,24,28). The van der Waals surface area contributed by atoms with Gasteiger partial charge in [-0.05, 0) is 69.2 Å². The van der Waals surface area contributed by atoms with Gasteiger partial charge in [-0.15, -0.1) is 21.5 Å². The predicted molar refractivity (Wildman–Crippen MR) is 125 cm³/mol. The lowest BCUT2D eigenvalue weighted by atomic mass is 9.88. The molecule has 7 heteroatoms. The zero-order valence-electron chi connectivity index (χ0n) is 17.9. The molecule has 0 spiro atoms. The van der Waals surface area contributed by atoms with Gasteiger partial charge in [-0.1, -0.05) is 30.8 Å². The number of thioether (sulfide) groups is 1. The summed E-state index contributed by atoms with van der Waals surface area (Å²) < 4.78 is 2.17. The van der Waals surface area contributed by atoms with Crippen LogP contribution in [0.3, 0.4) is 0 Å². The van der Waals surface area contributed by atoms with Gasteiger partial charge in [0.25, 0.3) is 0 Å². The molecule has 5 nitrogen and oxygen atoms in total. The molecule has 2 heterocycles. The number of aromatic nitrogens is 3. The molecule has 2 aromatic heterocycles. The van der Waals surface area contributed by atoms with Gasteiger partial charge < -0.3 is 5.32 Å². The average molecular weight is 441 g/mol. The molecule has 0 saturated carbocycles. The number of nitrogens with zero attached hydrogens (tertiary/aromatic N) is 3. The lowest BCUT2D eigenvalue weighted by Crippen LogP contribution is -2.15. The predicted octanol–water partition coefficient (Wildman–Crippen LogP) is 5.75. The first-order valence-electron chi connectivity index (χ1n) is 10.5. The molecule has 0 bridgehead atoms. The van der Waals surface area contributed by atoms with E-state index in [-0.39, 0.29) is 11.9 Å². The largest absolute Gasteiger partial charge is 0.325 e. The minimum atomic E-state index is -0.0349. The highest BCUT2D eigenvalue weighted by molar-refractivity contribution is 7.99. The molecule has 1 atom stereocenters. The number of amides is 1. The van der Waals surface area contributed by atoms with Crippen molar-refractivity contribution in [2.45, 2.75) is 58.2 Å². The number of rotatable bonds is 6. The van der Waals surface area contributed by atoms with Crippen molar-refractivity contribution in [3.05, 3.63) is 45.6 Å². The van der Waals surface area contributed by atoms with Crippen LogP contribution in [-0.4, -0.2) is 26.4 Å². The van der Waals surface area contributed by atoms with Crippen LogP contribution >= 0.6 is 23.1 Å². The maximum absolute atomic E-state index is 12.4. The van der Waals surface area contributed by atoms with Crippen molar-refractivity contribution in [1.29, 1.82) is 0 Å². The van der Waals surface area contributed by atoms with Gasteiger partial charge in [0.1, 0.15) is 0 Å². The topological polar surface area (TPSA) is 59.8 Å². The average Bonchev–Trinajstić information content (AvgIpc) is 3.29. The molecule has 0 aliphatic heterocycles. The van der Waals surface area contributed by atoms with Crippen molar-refractivity contribution < 1.29 is 4.79 Å². The Morgan fingerprint density at radius 2 is 2.20 bits per heavy atom. The van der Waals surface area contributed by atoms with Crippen molar-refractivity contribution in [2.75, 3.05) is 11.1 Å². The van der Waals surface area contributed by atoms with E-state index in [1.807, 2.05) is 42.5 Å². The van der Waals surface area contributed by atoms with Crippen molar-refractivity contribution in [3.8, 4) is 11.4 Å². The highest BCUT2D eigenvalue weighted by Gasteiger charge is 2.25.